The number of rotatable bonds is 6. The molecule has 7 heteroatoms. The SMILES string of the molecule is NCc1ccccc1OCc1cn(CC2(O)CCCOC2)nn1. The van der Waals surface area contributed by atoms with Crippen molar-refractivity contribution in [2.45, 2.75) is 38.1 Å². The zero-order valence-electron chi connectivity index (χ0n) is 13.0. The summed E-state index contributed by atoms with van der Waals surface area (Å²) in [6, 6.07) is 7.65. The highest BCUT2D eigenvalue weighted by molar-refractivity contribution is 5.33. The Morgan fingerprint density at radius 3 is 3.04 bits per heavy atom. The predicted molar refractivity (Wildman–Crippen MR) is 83.7 cm³/mol. The molecule has 0 saturated carbocycles. The Hall–Kier alpha value is -1.96. The lowest BCUT2D eigenvalue weighted by Gasteiger charge is -2.31. The van der Waals surface area contributed by atoms with Crippen LogP contribution in [0.4, 0.5) is 0 Å². The molecule has 23 heavy (non-hydrogen) atoms. The van der Waals surface area contributed by atoms with Crippen molar-refractivity contribution in [3.8, 4) is 5.75 Å². The molecule has 0 amide bonds. The lowest BCUT2D eigenvalue weighted by molar-refractivity contribution is -0.0960. The normalized spacial score (nSPS) is 21.3. The molecule has 1 saturated heterocycles. The third-order valence-electron chi connectivity index (χ3n) is 3.91. The van der Waals surface area contributed by atoms with Crippen LogP contribution in [0, 0.1) is 0 Å². The standard InChI is InChI=1S/C16H22N4O3/c17-8-13-4-1-2-5-15(13)23-10-14-9-20(19-18-14)11-16(21)6-3-7-22-12-16/h1-2,4-5,9,21H,3,6-8,10-12,17H2. The Morgan fingerprint density at radius 2 is 2.26 bits per heavy atom. The third kappa shape index (κ3) is 4.07. The maximum atomic E-state index is 10.5. The van der Waals surface area contributed by atoms with Crippen LogP contribution in [0.3, 0.4) is 0 Å². The van der Waals surface area contributed by atoms with Crippen LogP contribution in [0.25, 0.3) is 0 Å². The first-order chi connectivity index (χ1) is 11.2. The second-order valence-electron chi connectivity index (χ2n) is 5.89. The van der Waals surface area contributed by atoms with Gasteiger partial charge in [-0.1, -0.05) is 23.4 Å². The number of aliphatic hydroxyl groups is 1. The molecular weight excluding hydrogens is 296 g/mol. The van der Waals surface area contributed by atoms with Gasteiger partial charge in [-0.15, -0.1) is 5.10 Å². The summed E-state index contributed by atoms with van der Waals surface area (Å²) in [5, 5.41) is 18.6. The Bertz CT molecular complexity index is 638. The number of benzene rings is 1. The largest absolute Gasteiger partial charge is 0.487 e. The topological polar surface area (TPSA) is 95.4 Å². The molecule has 3 rings (SSSR count). The Labute approximate surface area is 135 Å². The third-order valence-corrected chi connectivity index (χ3v) is 3.91. The summed E-state index contributed by atoms with van der Waals surface area (Å²) in [7, 11) is 0. The van der Waals surface area contributed by atoms with Gasteiger partial charge < -0.3 is 20.3 Å². The van der Waals surface area contributed by atoms with E-state index in [-0.39, 0.29) is 0 Å². The van der Waals surface area contributed by atoms with Crippen LogP contribution >= 0.6 is 0 Å². The van der Waals surface area contributed by atoms with Gasteiger partial charge in [-0.25, -0.2) is 4.68 Å². The first-order valence-corrected chi connectivity index (χ1v) is 7.78. The van der Waals surface area contributed by atoms with Gasteiger partial charge in [-0.3, -0.25) is 0 Å². The summed E-state index contributed by atoms with van der Waals surface area (Å²) in [5.74, 6) is 0.754. The molecule has 1 aliphatic heterocycles. The van der Waals surface area contributed by atoms with Gasteiger partial charge in [0.15, 0.2) is 0 Å². The summed E-state index contributed by atoms with van der Waals surface area (Å²) in [5.41, 5.74) is 6.48. The van der Waals surface area contributed by atoms with E-state index in [1.54, 1.807) is 10.9 Å². The lowest BCUT2D eigenvalue weighted by Crippen LogP contribution is -2.42. The molecule has 3 N–H and O–H groups in total. The van der Waals surface area contributed by atoms with Crippen molar-refractivity contribution in [2.24, 2.45) is 5.73 Å². The Balaban J connectivity index is 1.59. The number of aromatic nitrogens is 3. The van der Waals surface area contributed by atoms with Gasteiger partial charge in [-0.2, -0.15) is 0 Å². The van der Waals surface area contributed by atoms with E-state index in [9.17, 15) is 5.11 Å². The van der Waals surface area contributed by atoms with Gasteiger partial charge >= 0.3 is 0 Å². The number of nitrogens with two attached hydrogens (primary N) is 1. The number of hydrogen-bond donors (Lipinski definition) is 2. The molecule has 2 aromatic rings. The molecule has 1 aliphatic rings. The minimum absolute atomic E-state index is 0.311. The van der Waals surface area contributed by atoms with E-state index in [1.807, 2.05) is 24.3 Å². The van der Waals surface area contributed by atoms with E-state index in [0.717, 1.165) is 17.7 Å². The smallest absolute Gasteiger partial charge is 0.134 e. The number of para-hydroxylation sites is 1. The molecule has 1 unspecified atom stereocenters. The van der Waals surface area contributed by atoms with Crippen LogP contribution in [0.5, 0.6) is 5.75 Å². The van der Waals surface area contributed by atoms with Crippen molar-refractivity contribution in [3.05, 3.63) is 41.7 Å². The van der Waals surface area contributed by atoms with Crippen molar-refractivity contribution in [1.82, 2.24) is 15.0 Å². The van der Waals surface area contributed by atoms with Crippen molar-refractivity contribution >= 4 is 0 Å². The summed E-state index contributed by atoms with van der Waals surface area (Å²) in [6.45, 7) is 2.16. The van der Waals surface area contributed by atoms with Crippen LogP contribution in [0.2, 0.25) is 0 Å². The minimum Gasteiger partial charge on any atom is -0.487 e. The fraction of sp³-hybridized carbons (Fsp3) is 0.500. The minimum atomic E-state index is -0.865. The first kappa shape index (κ1) is 15.9. The molecule has 1 aromatic heterocycles. The van der Waals surface area contributed by atoms with Crippen molar-refractivity contribution < 1.29 is 14.6 Å². The average Bonchev–Trinajstić information content (AvgIpc) is 3.00. The molecule has 0 radical (unpaired) electrons. The fourth-order valence-corrected chi connectivity index (χ4v) is 2.71. The van der Waals surface area contributed by atoms with E-state index in [4.69, 9.17) is 15.2 Å². The monoisotopic (exact) mass is 318 g/mol. The van der Waals surface area contributed by atoms with Crippen LogP contribution in [0.1, 0.15) is 24.1 Å². The average molecular weight is 318 g/mol. The molecule has 1 atom stereocenters. The maximum absolute atomic E-state index is 10.5. The molecule has 2 heterocycles. The molecule has 0 spiro atoms. The van der Waals surface area contributed by atoms with E-state index >= 15 is 0 Å². The van der Waals surface area contributed by atoms with Gasteiger partial charge in [-0.05, 0) is 18.9 Å². The quantitative estimate of drug-likeness (QED) is 0.820. The van der Waals surface area contributed by atoms with Crippen LogP contribution < -0.4 is 10.5 Å². The first-order valence-electron chi connectivity index (χ1n) is 7.78. The summed E-state index contributed by atoms with van der Waals surface area (Å²) < 4.78 is 12.7. The second kappa shape index (κ2) is 7.08. The van der Waals surface area contributed by atoms with E-state index in [2.05, 4.69) is 10.3 Å². The predicted octanol–water partition coefficient (Wildman–Crippen LogP) is 0.857. The summed E-state index contributed by atoms with van der Waals surface area (Å²) in [4.78, 5) is 0. The Morgan fingerprint density at radius 1 is 1.39 bits per heavy atom. The van der Waals surface area contributed by atoms with Crippen LogP contribution in [0.15, 0.2) is 30.5 Å². The zero-order chi connectivity index (χ0) is 16.1. The zero-order valence-corrected chi connectivity index (χ0v) is 13.0. The number of ether oxygens (including phenoxy) is 2. The molecule has 0 bridgehead atoms. The highest BCUT2D eigenvalue weighted by Gasteiger charge is 2.31. The molecular formula is C16H22N4O3. The van der Waals surface area contributed by atoms with Gasteiger partial charge in [0.2, 0.25) is 0 Å². The highest BCUT2D eigenvalue weighted by atomic mass is 16.5. The number of hydrogen-bond acceptors (Lipinski definition) is 6. The Kier molecular flexibility index (Phi) is 4.90. The van der Waals surface area contributed by atoms with Gasteiger partial charge in [0, 0.05) is 18.7 Å². The fourth-order valence-electron chi connectivity index (χ4n) is 2.71. The molecule has 0 aliphatic carbocycles. The molecule has 1 fully saturated rings. The van der Waals surface area contributed by atoms with E-state index in [1.165, 1.54) is 0 Å². The highest BCUT2D eigenvalue weighted by Crippen LogP contribution is 2.21. The van der Waals surface area contributed by atoms with Crippen molar-refractivity contribution in [2.75, 3.05) is 13.2 Å². The van der Waals surface area contributed by atoms with Gasteiger partial charge in [0.05, 0.1) is 19.3 Å². The van der Waals surface area contributed by atoms with Crippen LogP contribution in [-0.4, -0.2) is 38.9 Å². The molecule has 1 aromatic carbocycles. The number of nitrogens with zero attached hydrogens (tertiary/aromatic N) is 3. The van der Waals surface area contributed by atoms with E-state index in [0.29, 0.717) is 45.0 Å². The summed E-state index contributed by atoms with van der Waals surface area (Å²) in [6.07, 6.45) is 3.36. The molecule has 7 nitrogen and oxygen atoms in total. The van der Waals surface area contributed by atoms with E-state index < -0.39 is 5.60 Å². The van der Waals surface area contributed by atoms with Gasteiger partial charge in [0.1, 0.15) is 23.7 Å². The summed E-state index contributed by atoms with van der Waals surface area (Å²) >= 11 is 0. The van der Waals surface area contributed by atoms with Crippen molar-refractivity contribution in [1.29, 1.82) is 0 Å². The van der Waals surface area contributed by atoms with Crippen LogP contribution in [-0.2, 0) is 24.4 Å². The second-order valence-corrected chi connectivity index (χ2v) is 5.89. The maximum Gasteiger partial charge on any atom is 0.134 e. The van der Waals surface area contributed by atoms with Crippen molar-refractivity contribution in [3.63, 3.8) is 0 Å². The van der Waals surface area contributed by atoms with Gasteiger partial charge in [0.25, 0.3) is 0 Å². The lowest BCUT2D eigenvalue weighted by atomic mass is 9.97. The molecule has 124 valence electrons.